The zero-order valence-corrected chi connectivity index (χ0v) is 31.0. The number of furan rings is 1. The van der Waals surface area contributed by atoms with Crippen molar-refractivity contribution in [3.05, 3.63) is 182 Å². The summed E-state index contributed by atoms with van der Waals surface area (Å²) in [6.07, 6.45) is 0. The van der Waals surface area contributed by atoms with Crippen LogP contribution in [0.5, 0.6) is 0 Å². The number of aromatic nitrogens is 4. The van der Waals surface area contributed by atoms with E-state index in [1.807, 2.05) is 6.07 Å². The van der Waals surface area contributed by atoms with Gasteiger partial charge in [0.1, 0.15) is 11.2 Å². The van der Waals surface area contributed by atoms with E-state index in [2.05, 4.69) is 180 Å². The molecule has 0 amide bonds. The van der Waals surface area contributed by atoms with Gasteiger partial charge in [0, 0.05) is 49.3 Å². The van der Waals surface area contributed by atoms with Crippen LogP contribution in [0.15, 0.2) is 186 Å². The third-order valence-electron chi connectivity index (χ3n) is 12.0. The van der Waals surface area contributed by atoms with Gasteiger partial charge in [-0.05, 0) is 93.0 Å². The van der Waals surface area contributed by atoms with E-state index < -0.39 is 0 Å². The van der Waals surface area contributed by atoms with Crippen molar-refractivity contribution >= 4 is 65.3 Å². The van der Waals surface area contributed by atoms with E-state index in [1.54, 1.807) is 0 Å². The minimum atomic E-state index is 0.625. The van der Waals surface area contributed by atoms with Crippen LogP contribution in [-0.2, 0) is 0 Å². The molecule has 3 heterocycles. The van der Waals surface area contributed by atoms with Gasteiger partial charge in [-0.3, -0.25) is 0 Å². The van der Waals surface area contributed by atoms with E-state index in [1.165, 1.54) is 59.9 Å². The van der Waals surface area contributed by atoms with Crippen LogP contribution in [0.1, 0.15) is 0 Å². The Kier molecular flexibility index (Phi) is 6.38. The lowest BCUT2D eigenvalue weighted by atomic mass is 9.98. The average molecular weight is 739 g/mol. The van der Waals surface area contributed by atoms with E-state index in [0.29, 0.717) is 17.5 Å². The zero-order chi connectivity index (χ0) is 37.9. The molecule has 5 nitrogen and oxygen atoms in total. The number of nitrogens with zero attached hydrogens (tertiary/aromatic N) is 4. The molecule has 9 aromatic carbocycles. The van der Waals surface area contributed by atoms with Gasteiger partial charge in [0.15, 0.2) is 17.5 Å². The topological polar surface area (TPSA) is 56.7 Å². The first-order chi connectivity index (χ1) is 28.7. The molecule has 0 radical (unpaired) electrons. The van der Waals surface area contributed by atoms with Crippen LogP contribution in [-0.4, -0.2) is 19.5 Å². The van der Waals surface area contributed by atoms with Crippen molar-refractivity contribution in [1.82, 2.24) is 19.5 Å². The molecule has 58 heavy (non-hydrogen) atoms. The lowest BCUT2D eigenvalue weighted by Crippen LogP contribution is -2.01. The van der Waals surface area contributed by atoms with Crippen LogP contribution in [0.2, 0.25) is 0 Å². The smallest absolute Gasteiger partial charge is 0.164 e. The summed E-state index contributed by atoms with van der Waals surface area (Å²) in [5.41, 5.74) is 12.8. The van der Waals surface area contributed by atoms with E-state index in [0.717, 1.165) is 50.0 Å². The Balaban J connectivity index is 0.980. The maximum atomic E-state index is 6.45. The molecule has 1 aliphatic carbocycles. The highest BCUT2D eigenvalue weighted by molar-refractivity contribution is 6.37. The SMILES string of the molecule is c1ccc(-c2ccc(-c3nc(-c4ccc(-n5c6cccc7c6c6c8c(ccc9oc%10cccc-7c%10c98)ccc65)cc4)nc(-c4ccc5ccccc5c4)n3)cc2)cc1. The van der Waals surface area contributed by atoms with Crippen molar-refractivity contribution in [3.8, 4) is 62.1 Å². The lowest BCUT2D eigenvalue weighted by molar-refractivity contribution is 0.669. The molecule has 0 aliphatic heterocycles. The van der Waals surface area contributed by atoms with Crippen LogP contribution in [0, 0.1) is 0 Å². The summed E-state index contributed by atoms with van der Waals surface area (Å²) in [7, 11) is 0. The normalized spacial score (nSPS) is 12.1. The molecule has 0 bridgehead atoms. The summed E-state index contributed by atoms with van der Waals surface area (Å²) in [5, 5.41) is 9.71. The molecular weight excluding hydrogens is 709 g/mol. The van der Waals surface area contributed by atoms with Crippen molar-refractivity contribution < 1.29 is 4.42 Å². The maximum absolute atomic E-state index is 6.45. The predicted molar refractivity (Wildman–Crippen MR) is 237 cm³/mol. The minimum Gasteiger partial charge on any atom is -0.456 e. The molecule has 268 valence electrons. The minimum absolute atomic E-state index is 0.625. The highest BCUT2D eigenvalue weighted by atomic mass is 16.3. The molecule has 1 aliphatic rings. The first kappa shape index (κ1) is 31.3. The largest absolute Gasteiger partial charge is 0.456 e. The number of fused-ring (bicyclic) bond motifs is 2. The van der Waals surface area contributed by atoms with Gasteiger partial charge in [-0.15, -0.1) is 0 Å². The predicted octanol–water partition coefficient (Wildman–Crippen LogP) is 13.8. The quantitative estimate of drug-likeness (QED) is 0.176. The number of hydrogen-bond acceptors (Lipinski definition) is 4. The zero-order valence-electron chi connectivity index (χ0n) is 31.0. The standard InChI is InChI=1S/C53H30N4O/c1-2-8-31(9-3-1)33-16-19-35(20-17-33)51-54-52(56-53(55-51)38-21-18-32-10-4-5-11-37(32)30-38)36-22-26-39(27-23-36)57-42-14-6-12-40-41-13-7-15-44-48(41)50-45(58-44)29-25-34-24-28-43(57)49(46(34)50)47(40)42/h1-30H. The highest BCUT2D eigenvalue weighted by Crippen LogP contribution is 2.50. The fourth-order valence-electron chi connectivity index (χ4n) is 9.29. The summed E-state index contributed by atoms with van der Waals surface area (Å²) >= 11 is 0. The lowest BCUT2D eigenvalue weighted by Gasteiger charge is -2.12. The van der Waals surface area contributed by atoms with Crippen LogP contribution >= 0.6 is 0 Å². The molecular formula is C53H30N4O. The molecule has 0 atom stereocenters. The molecule has 0 saturated carbocycles. The third-order valence-corrected chi connectivity index (χ3v) is 12.0. The Morgan fingerprint density at radius 1 is 0.328 bits per heavy atom. The van der Waals surface area contributed by atoms with Gasteiger partial charge in [0.25, 0.3) is 0 Å². The second-order valence-electron chi connectivity index (χ2n) is 15.2. The van der Waals surface area contributed by atoms with Gasteiger partial charge in [-0.25, -0.2) is 15.0 Å². The molecule has 0 fully saturated rings. The molecule has 0 unspecified atom stereocenters. The summed E-state index contributed by atoms with van der Waals surface area (Å²) in [6.45, 7) is 0. The second-order valence-corrected chi connectivity index (χ2v) is 15.2. The van der Waals surface area contributed by atoms with Gasteiger partial charge in [-0.2, -0.15) is 0 Å². The van der Waals surface area contributed by atoms with Gasteiger partial charge in [0.2, 0.25) is 0 Å². The number of benzene rings is 9. The molecule has 13 rings (SSSR count). The van der Waals surface area contributed by atoms with Crippen molar-refractivity contribution in [2.24, 2.45) is 0 Å². The Hall–Kier alpha value is -7.89. The Bertz CT molecular complexity index is 3660. The van der Waals surface area contributed by atoms with Crippen LogP contribution in [0.25, 0.3) is 127 Å². The van der Waals surface area contributed by atoms with E-state index in [9.17, 15) is 0 Å². The average Bonchev–Trinajstić information content (AvgIpc) is 3.81. The van der Waals surface area contributed by atoms with Gasteiger partial charge >= 0.3 is 0 Å². The molecule has 3 aromatic heterocycles. The van der Waals surface area contributed by atoms with Crippen molar-refractivity contribution in [2.75, 3.05) is 0 Å². The summed E-state index contributed by atoms with van der Waals surface area (Å²) in [4.78, 5) is 15.3. The molecule has 12 aromatic rings. The van der Waals surface area contributed by atoms with Crippen LogP contribution in [0.3, 0.4) is 0 Å². The Labute approximate surface area is 332 Å². The van der Waals surface area contributed by atoms with Crippen LogP contribution in [0.4, 0.5) is 0 Å². The molecule has 0 N–H and O–H groups in total. The molecule has 5 heteroatoms. The van der Waals surface area contributed by atoms with E-state index in [-0.39, 0.29) is 0 Å². The van der Waals surface area contributed by atoms with Gasteiger partial charge in [-0.1, -0.05) is 127 Å². The molecule has 0 saturated heterocycles. The fraction of sp³-hybridized carbons (Fsp3) is 0. The Morgan fingerprint density at radius 2 is 0.897 bits per heavy atom. The van der Waals surface area contributed by atoms with Crippen molar-refractivity contribution in [2.45, 2.75) is 0 Å². The second kappa shape index (κ2) is 11.8. The third kappa shape index (κ3) is 4.50. The monoisotopic (exact) mass is 738 g/mol. The van der Waals surface area contributed by atoms with Gasteiger partial charge < -0.3 is 8.98 Å². The van der Waals surface area contributed by atoms with Gasteiger partial charge in [0.05, 0.1) is 11.0 Å². The number of rotatable bonds is 5. The summed E-state index contributed by atoms with van der Waals surface area (Å²) < 4.78 is 8.85. The van der Waals surface area contributed by atoms with Crippen LogP contribution < -0.4 is 0 Å². The maximum Gasteiger partial charge on any atom is 0.164 e. The first-order valence-electron chi connectivity index (χ1n) is 19.6. The van der Waals surface area contributed by atoms with Crippen molar-refractivity contribution in [3.63, 3.8) is 0 Å². The summed E-state index contributed by atoms with van der Waals surface area (Å²) in [5.74, 6) is 1.89. The number of hydrogen-bond donors (Lipinski definition) is 0. The first-order valence-corrected chi connectivity index (χ1v) is 19.6. The molecule has 0 spiro atoms. The van der Waals surface area contributed by atoms with E-state index in [4.69, 9.17) is 19.4 Å². The Morgan fingerprint density at radius 3 is 1.69 bits per heavy atom. The van der Waals surface area contributed by atoms with E-state index >= 15 is 0 Å². The fourth-order valence-corrected chi connectivity index (χ4v) is 9.29. The summed E-state index contributed by atoms with van der Waals surface area (Å²) in [6, 6.07) is 64.3. The highest BCUT2D eigenvalue weighted by Gasteiger charge is 2.26. The van der Waals surface area contributed by atoms with Crippen molar-refractivity contribution in [1.29, 1.82) is 0 Å².